The van der Waals surface area contributed by atoms with E-state index in [2.05, 4.69) is 9.97 Å². The van der Waals surface area contributed by atoms with Crippen molar-refractivity contribution in [2.24, 2.45) is 0 Å². The summed E-state index contributed by atoms with van der Waals surface area (Å²) < 4.78 is 1.76. The molecule has 4 rings (SSSR count). The lowest BCUT2D eigenvalue weighted by atomic mass is 10.1. The number of thioether (sulfide) groups is 1. The van der Waals surface area contributed by atoms with Gasteiger partial charge in [0.05, 0.1) is 21.8 Å². The number of imidazole rings is 1. The van der Waals surface area contributed by atoms with Gasteiger partial charge < -0.3 is 4.98 Å². The molecule has 1 N–H and O–H groups in total. The zero-order valence-corrected chi connectivity index (χ0v) is 16.2. The molecule has 1 atom stereocenters. The summed E-state index contributed by atoms with van der Waals surface area (Å²) in [6.45, 7) is 6.01. The van der Waals surface area contributed by atoms with Crippen molar-refractivity contribution >= 4 is 22.7 Å². The molecular formula is C21H20N4OS. The fourth-order valence-electron chi connectivity index (χ4n) is 3.27. The molecule has 0 amide bonds. The Balaban J connectivity index is 2.00. The maximum atomic E-state index is 13.5. The first-order valence-corrected chi connectivity index (χ1v) is 9.68. The van der Waals surface area contributed by atoms with Gasteiger partial charge in [0.2, 0.25) is 0 Å². The molecule has 4 aromatic rings. The van der Waals surface area contributed by atoms with Gasteiger partial charge >= 0.3 is 0 Å². The van der Waals surface area contributed by atoms with E-state index in [4.69, 9.17) is 4.98 Å². The van der Waals surface area contributed by atoms with Crippen LogP contribution in [0.3, 0.4) is 0 Å². The van der Waals surface area contributed by atoms with E-state index in [9.17, 15) is 4.79 Å². The number of aromatic nitrogens is 4. The number of para-hydroxylation sites is 1. The van der Waals surface area contributed by atoms with Crippen molar-refractivity contribution in [3.63, 3.8) is 0 Å². The molecule has 0 aliphatic heterocycles. The van der Waals surface area contributed by atoms with Crippen molar-refractivity contribution in [3.8, 4) is 5.69 Å². The standard InChI is InChI=1S/C21H20N4OS/c1-13-7-4-5-10-17(13)25-19(15(3)27-21-22-11-12-23-21)24-16-9-6-8-14(2)18(16)20(25)26/h4-12,15H,1-3H3,(H,22,23). The highest BCUT2D eigenvalue weighted by Gasteiger charge is 2.21. The molecule has 27 heavy (non-hydrogen) atoms. The van der Waals surface area contributed by atoms with Gasteiger partial charge in [0, 0.05) is 12.4 Å². The second-order valence-electron chi connectivity index (χ2n) is 6.52. The van der Waals surface area contributed by atoms with Crippen LogP contribution in [0.1, 0.15) is 29.1 Å². The molecule has 2 aromatic carbocycles. The van der Waals surface area contributed by atoms with Gasteiger partial charge in [-0.25, -0.2) is 9.97 Å². The predicted molar refractivity (Wildman–Crippen MR) is 110 cm³/mol. The van der Waals surface area contributed by atoms with Gasteiger partial charge in [0.25, 0.3) is 5.56 Å². The van der Waals surface area contributed by atoms with E-state index in [1.165, 1.54) is 0 Å². The maximum Gasteiger partial charge on any atom is 0.266 e. The van der Waals surface area contributed by atoms with Crippen molar-refractivity contribution in [3.05, 3.63) is 82.2 Å². The lowest BCUT2D eigenvalue weighted by Crippen LogP contribution is -2.25. The highest BCUT2D eigenvalue weighted by atomic mass is 32.2. The first-order valence-electron chi connectivity index (χ1n) is 8.80. The summed E-state index contributed by atoms with van der Waals surface area (Å²) in [6.07, 6.45) is 3.52. The smallest absolute Gasteiger partial charge is 0.266 e. The van der Waals surface area contributed by atoms with Crippen LogP contribution in [0.25, 0.3) is 16.6 Å². The number of hydrogen-bond acceptors (Lipinski definition) is 4. The quantitative estimate of drug-likeness (QED) is 0.530. The highest BCUT2D eigenvalue weighted by molar-refractivity contribution is 7.99. The fourth-order valence-corrected chi connectivity index (χ4v) is 4.12. The number of nitrogens with zero attached hydrogens (tertiary/aromatic N) is 3. The third-order valence-electron chi connectivity index (χ3n) is 4.61. The molecule has 2 aromatic heterocycles. The zero-order valence-electron chi connectivity index (χ0n) is 15.4. The molecule has 5 nitrogen and oxygen atoms in total. The number of hydrogen-bond donors (Lipinski definition) is 1. The lowest BCUT2D eigenvalue weighted by Gasteiger charge is -2.19. The second-order valence-corrected chi connectivity index (χ2v) is 7.85. The van der Waals surface area contributed by atoms with E-state index >= 15 is 0 Å². The average molecular weight is 376 g/mol. The first-order chi connectivity index (χ1) is 13.1. The van der Waals surface area contributed by atoms with Gasteiger partial charge in [-0.05, 0) is 44.0 Å². The molecule has 0 fully saturated rings. The SMILES string of the molecule is Cc1ccccc1-n1c(C(C)Sc2ncc[nH]2)nc2cccc(C)c2c1=O. The number of benzene rings is 2. The Kier molecular flexibility index (Phi) is 4.58. The molecule has 0 spiro atoms. The van der Waals surface area contributed by atoms with Gasteiger partial charge in [-0.1, -0.05) is 42.1 Å². The van der Waals surface area contributed by atoms with E-state index in [1.54, 1.807) is 28.7 Å². The number of H-pyrrole nitrogens is 1. The topological polar surface area (TPSA) is 63.6 Å². The van der Waals surface area contributed by atoms with E-state index in [-0.39, 0.29) is 10.8 Å². The van der Waals surface area contributed by atoms with Crippen LogP contribution >= 0.6 is 11.8 Å². The monoisotopic (exact) mass is 376 g/mol. The Bertz CT molecular complexity index is 1160. The third kappa shape index (κ3) is 3.17. The van der Waals surface area contributed by atoms with Gasteiger partial charge in [-0.3, -0.25) is 9.36 Å². The molecule has 6 heteroatoms. The second kappa shape index (κ2) is 7.04. The average Bonchev–Trinajstić information content (AvgIpc) is 3.15. The Morgan fingerprint density at radius 2 is 1.85 bits per heavy atom. The Hall–Kier alpha value is -2.86. The minimum Gasteiger partial charge on any atom is -0.340 e. The van der Waals surface area contributed by atoms with Gasteiger partial charge in [-0.2, -0.15) is 0 Å². The molecule has 0 saturated heterocycles. The van der Waals surface area contributed by atoms with E-state index in [1.807, 2.05) is 63.2 Å². The van der Waals surface area contributed by atoms with Crippen LogP contribution < -0.4 is 5.56 Å². The minimum absolute atomic E-state index is 0.0331. The first kappa shape index (κ1) is 17.5. The molecule has 0 saturated carbocycles. The van der Waals surface area contributed by atoms with Crippen molar-refractivity contribution in [2.45, 2.75) is 31.2 Å². The summed E-state index contributed by atoms with van der Waals surface area (Å²) in [7, 11) is 0. The summed E-state index contributed by atoms with van der Waals surface area (Å²) in [4.78, 5) is 25.8. The highest BCUT2D eigenvalue weighted by Crippen LogP contribution is 2.33. The number of rotatable bonds is 4. The number of fused-ring (bicyclic) bond motifs is 1. The van der Waals surface area contributed by atoms with Crippen molar-refractivity contribution in [2.75, 3.05) is 0 Å². The van der Waals surface area contributed by atoms with Crippen LogP contribution in [0, 0.1) is 13.8 Å². The predicted octanol–water partition coefficient (Wildman–Crippen LogP) is 4.58. The summed E-state index contributed by atoms with van der Waals surface area (Å²) in [5.74, 6) is 0.716. The number of aryl methyl sites for hydroxylation is 2. The number of aromatic amines is 1. The molecule has 0 aliphatic rings. The molecule has 0 radical (unpaired) electrons. The summed E-state index contributed by atoms with van der Waals surface area (Å²) in [5.41, 5.74) is 3.53. The Morgan fingerprint density at radius 1 is 1.07 bits per heavy atom. The lowest BCUT2D eigenvalue weighted by molar-refractivity contribution is 0.813. The van der Waals surface area contributed by atoms with Crippen LogP contribution in [0.5, 0.6) is 0 Å². The van der Waals surface area contributed by atoms with Crippen molar-refractivity contribution in [1.29, 1.82) is 0 Å². The van der Waals surface area contributed by atoms with E-state index in [0.717, 1.165) is 27.5 Å². The molecule has 136 valence electrons. The molecule has 0 bridgehead atoms. The van der Waals surface area contributed by atoms with Crippen LogP contribution in [-0.2, 0) is 0 Å². The molecular weight excluding hydrogens is 356 g/mol. The van der Waals surface area contributed by atoms with E-state index in [0.29, 0.717) is 11.2 Å². The third-order valence-corrected chi connectivity index (χ3v) is 5.62. The van der Waals surface area contributed by atoms with Crippen LogP contribution in [0.2, 0.25) is 0 Å². The van der Waals surface area contributed by atoms with Crippen LogP contribution in [-0.4, -0.2) is 19.5 Å². The largest absolute Gasteiger partial charge is 0.340 e. The minimum atomic E-state index is -0.0617. The summed E-state index contributed by atoms with van der Waals surface area (Å²) in [5, 5.41) is 1.41. The summed E-state index contributed by atoms with van der Waals surface area (Å²) >= 11 is 1.55. The number of nitrogens with one attached hydrogen (secondary N) is 1. The van der Waals surface area contributed by atoms with Crippen LogP contribution in [0.4, 0.5) is 0 Å². The normalized spacial score (nSPS) is 12.4. The van der Waals surface area contributed by atoms with Gasteiger partial charge in [0.1, 0.15) is 5.82 Å². The van der Waals surface area contributed by atoms with Crippen LogP contribution in [0.15, 0.2) is 64.8 Å². The van der Waals surface area contributed by atoms with E-state index < -0.39 is 0 Å². The summed E-state index contributed by atoms with van der Waals surface area (Å²) in [6, 6.07) is 13.7. The Morgan fingerprint density at radius 3 is 2.59 bits per heavy atom. The van der Waals surface area contributed by atoms with Crippen molar-refractivity contribution in [1.82, 2.24) is 19.5 Å². The Labute approximate surface area is 161 Å². The molecule has 2 heterocycles. The zero-order chi connectivity index (χ0) is 19.0. The fraction of sp³-hybridized carbons (Fsp3) is 0.190. The van der Waals surface area contributed by atoms with Gasteiger partial charge in [-0.15, -0.1) is 0 Å². The maximum absolute atomic E-state index is 13.5. The molecule has 0 aliphatic carbocycles. The molecule has 1 unspecified atom stereocenters. The van der Waals surface area contributed by atoms with Gasteiger partial charge in [0.15, 0.2) is 5.16 Å². The van der Waals surface area contributed by atoms with Crippen molar-refractivity contribution < 1.29 is 0 Å².